The molecule has 2 aliphatic rings. The molecule has 0 spiro atoms. The van der Waals surface area contributed by atoms with Crippen molar-refractivity contribution in [1.29, 1.82) is 0 Å². The number of hydrogen-bond acceptors (Lipinski definition) is 5. The second-order valence-electron chi connectivity index (χ2n) is 8.69. The molecule has 2 aromatic heterocycles. The van der Waals surface area contributed by atoms with Crippen molar-refractivity contribution in [2.45, 2.75) is 57.9 Å². The van der Waals surface area contributed by atoms with Crippen molar-refractivity contribution in [1.82, 2.24) is 19.7 Å². The van der Waals surface area contributed by atoms with Gasteiger partial charge in [0, 0.05) is 48.2 Å². The van der Waals surface area contributed by atoms with Gasteiger partial charge in [-0.1, -0.05) is 27.2 Å². The van der Waals surface area contributed by atoms with Crippen LogP contribution in [0.1, 0.15) is 57.3 Å². The second kappa shape index (κ2) is 6.49. The molecule has 26 heavy (non-hydrogen) atoms. The van der Waals surface area contributed by atoms with Gasteiger partial charge in [-0.25, -0.2) is 14.6 Å². The van der Waals surface area contributed by atoms with E-state index in [0.29, 0.717) is 18.4 Å². The van der Waals surface area contributed by atoms with E-state index in [-0.39, 0.29) is 11.0 Å². The van der Waals surface area contributed by atoms with Gasteiger partial charge in [0.25, 0.3) is 5.56 Å². The lowest BCUT2D eigenvalue weighted by Gasteiger charge is -2.40. The average Bonchev–Trinajstić information content (AvgIpc) is 2.49. The summed E-state index contributed by atoms with van der Waals surface area (Å²) < 4.78 is 1.63. The minimum Gasteiger partial charge on any atom is -0.356 e. The zero-order valence-corrected chi connectivity index (χ0v) is 15.9. The quantitative estimate of drug-likeness (QED) is 0.846. The summed E-state index contributed by atoms with van der Waals surface area (Å²) in [5, 5.41) is 4.58. The van der Waals surface area contributed by atoms with Crippen LogP contribution >= 0.6 is 0 Å². The van der Waals surface area contributed by atoms with E-state index in [1.54, 1.807) is 17.1 Å². The summed E-state index contributed by atoms with van der Waals surface area (Å²) in [5.74, 6) is 2.07. The van der Waals surface area contributed by atoms with Gasteiger partial charge < -0.3 is 4.90 Å². The van der Waals surface area contributed by atoms with Gasteiger partial charge in [-0.15, -0.1) is 0 Å². The third-order valence-electron chi connectivity index (χ3n) is 5.54. The highest BCUT2D eigenvalue weighted by molar-refractivity contribution is 5.42. The van der Waals surface area contributed by atoms with Gasteiger partial charge in [-0.2, -0.15) is 5.10 Å². The molecule has 0 radical (unpaired) electrons. The van der Waals surface area contributed by atoms with Crippen LogP contribution in [0.15, 0.2) is 29.3 Å². The van der Waals surface area contributed by atoms with Crippen LogP contribution in [0.4, 0.5) is 5.82 Å². The minimum absolute atomic E-state index is 0.0224. The molecule has 1 saturated heterocycles. The first-order chi connectivity index (χ1) is 12.4. The Morgan fingerprint density at radius 2 is 1.92 bits per heavy atom. The van der Waals surface area contributed by atoms with Gasteiger partial charge in [0.2, 0.25) is 0 Å². The van der Waals surface area contributed by atoms with Gasteiger partial charge in [-0.05, 0) is 18.9 Å². The first-order valence-electron chi connectivity index (χ1n) is 9.56. The fourth-order valence-corrected chi connectivity index (χ4v) is 3.56. The topological polar surface area (TPSA) is 63.9 Å². The summed E-state index contributed by atoms with van der Waals surface area (Å²) in [6, 6.07) is 5.62. The lowest BCUT2D eigenvalue weighted by molar-refractivity contribution is 0.327. The summed E-state index contributed by atoms with van der Waals surface area (Å²) in [7, 11) is 0. The molecule has 1 aliphatic carbocycles. The monoisotopic (exact) mass is 353 g/mol. The molecule has 2 aromatic rings. The molecule has 0 unspecified atom stereocenters. The van der Waals surface area contributed by atoms with Crippen LogP contribution < -0.4 is 10.5 Å². The minimum atomic E-state index is -0.0556. The molecule has 2 fully saturated rings. The maximum absolute atomic E-state index is 12.2. The number of hydrogen-bond donors (Lipinski definition) is 0. The molecule has 3 heterocycles. The van der Waals surface area contributed by atoms with E-state index in [1.165, 1.54) is 25.0 Å². The van der Waals surface area contributed by atoms with Crippen LogP contribution in [-0.2, 0) is 12.0 Å². The van der Waals surface area contributed by atoms with Crippen LogP contribution in [0.3, 0.4) is 0 Å². The molecule has 0 N–H and O–H groups in total. The number of nitrogens with zero attached hydrogens (tertiary/aromatic N) is 5. The predicted molar refractivity (Wildman–Crippen MR) is 102 cm³/mol. The van der Waals surface area contributed by atoms with Crippen molar-refractivity contribution in [3.8, 4) is 0 Å². The highest BCUT2D eigenvalue weighted by Gasteiger charge is 2.30. The summed E-state index contributed by atoms with van der Waals surface area (Å²) in [4.78, 5) is 23.3. The van der Waals surface area contributed by atoms with Crippen molar-refractivity contribution < 1.29 is 0 Å². The lowest BCUT2D eigenvalue weighted by Crippen LogP contribution is -2.50. The van der Waals surface area contributed by atoms with E-state index in [9.17, 15) is 4.79 Å². The Morgan fingerprint density at radius 1 is 1.15 bits per heavy atom. The summed E-state index contributed by atoms with van der Waals surface area (Å²) in [6.45, 7) is 8.84. The molecular formula is C20H27N5O. The largest absolute Gasteiger partial charge is 0.356 e. The molecule has 6 nitrogen and oxygen atoms in total. The number of aromatic nitrogens is 4. The maximum Gasteiger partial charge on any atom is 0.266 e. The van der Waals surface area contributed by atoms with Crippen LogP contribution in [0.25, 0.3) is 0 Å². The van der Waals surface area contributed by atoms with Crippen LogP contribution in [0.5, 0.6) is 0 Å². The molecular weight excluding hydrogens is 326 g/mol. The Bertz CT molecular complexity index is 844. The smallest absolute Gasteiger partial charge is 0.266 e. The van der Waals surface area contributed by atoms with Gasteiger partial charge in [0.05, 0.1) is 12.2 Å². The Hall–Kier alpha value is -2.24. The third-order valence-corrected chi connectivity index (χ3v) is 5.54. The molecule has 6 heteroatoms. The van der Waals surface area contributed by atoms with Crippen molar-refractivity contribution in [2.75, 3.05) is 18.0 Å². The molecule has 4 rings (SSSR count). The standard InChI is InChI=1S/C20H27N5O/c1-20(2,3)17-7-8-19(26)25(23-17)12-14-10-24(11-14)18-9-16(21-13-22-18)15-5-4-6-15/h7-9,13-15H,4-6,10-12H2,1-3H3. The van der Waals surface area contributed by atoms with E-state index < -0.39 is 0 Å². The maximum atomic E-state index is 12.2. The molecule has 0 atom stereocenters. The van der Waals surface area contributed by atoms with Crippen molar-refractivity contribution in [3.05, 3.63) is 46.3 Å². The van der Waals surface area contributed by atoms with E-state index in [0.717, 1.165) is 24.6 Å². The predicted octanol–water partition coefficient (Wildman–Crippen LogP) is 2.73. The Labute approximate surface area is 154 Å². The van der Waals surface area contributed by atoms with Gasteiger partial charge in [0.1, 0.15) is 12.1 Å². The van der Waals surface area contributed by atoms with Crippen molar-refractivity contribution >= 4 is 5.82 Å². The number of anilines is 1. The summed E-state index contributed by atoms with van der Waals surface area (Å²) in [5.41, 5.74) is 2.06. The zero-order valence-electron chi connectivity index (χ0n) is 15.9. The number of rotatable bonds is 4. The highest BCUT2D eigenvalue weighted by Crippen LogP contribution is 2.36. The average molecular weight is 353 g/mol. The highest BCUT2D eigenvalue weighted by atomic mass is 16.1. The molecule has 0 amide bonds. The molecule has 0 bridgehead atoms. The van der Waals surface area contributed by atoms with E-state index >= 15 is 0 Å². The first kappa shape index (κ1) is 17.2. The lowest BCUT2D eigenvalue weighted by atomic mass is 9.83. The molecule has 138 valence electrons. The van der Waals surface area contributed by atoms with Gasteiger partial charge >= 0.3 is 0 Å². The summed E-state index contributed by atoms with van der Waals surface area (Å²) >= 11 is 0. The normalized spacial score (nSPS) is 18.5. The van der Waals surface area contributed by atoms with Crippen LogP contribution in [-0.4, -0.2) is 32.8 Å². The fraction of sp³-hybridized carbons (Fsp3) is 0.600. The van der Waals surface area contributed by atoms with Crippen LogP contribution in [0, 0.1) is 5.92 Å². The molecule has 0 aromatic carbocycles. The van der Waals surface area contributed by atoms with Crippen molar-refractivity contribution in [2.24, 2.45) is 5.92 Å². The van der Waals surface area contributed by atoms with Gasteiger partial charge in [-0.3, -0.25) is 4.79 Å². The Balaban J connectivity index is 1.41. The molecule has 1 saturated carbocycles. The Kier molecular flexibility index (Phi) is 4.29. The van der Waals surface area contributed by atoms with E-state index in [1.807, 2.05) is 6.07 Å². The van der Waals surface area contributed by atoms with E-state index in [2.05, 4.69) is 46.8 Å². The fourth-order valence-electron chi connectivity index (χ4n) is 3.56. The van der Waals surface area contributed by atoms with Crippen molar-refractivity contribution in [3.63, 3.8) is 0 Å². The summed E-state index contributed by atoms with van der Waals surface area (Å²) in [6.07, 6.45) is 5.50. The van der Waals surface area contributed by atoms with Crippen LogP contribution in [0.2, 0.25) is 0 Å². The third kappa shape index (κ3) is 3.37. The SMILES string of the molecule is CC(C)(C)c1ccc(=O)n(CC2CN(c3cc(C4CCC4)ncn3)C2)n1. The first-order valence-corrected chi connectivity index (χ1v) is 9.56. The molecule has 1 aliphatic heterocycles. The Morgan fingerprint density at radius 3 is 2.58 bits per heavy atom. The second-order valence-corrected chi connectivity index (χ2v) is 8.69. The van der Waals surface area contributed by atoms with E-state index in [4.69, 9.17) is 0 Å². The van der Waals surface area contributed by atoms with Gasteiger partial charge in [0.15, 0.2) is 0 Å². The zero-order chi connectivity index (χ0) is 18.3.